The van der Waals surface area contributed by atoms with Gasteiger partial charge in [-0.05, 0) is 7.05 Å². The Hall–Kier alpha value is -2.64. The lowest BCUT2D eigenvalue weighted by Gasteiger charge is -2.21. The maximum atomic E-state index is 10.7. The van der Waals surface area contributed by atoms with Crippen molar-refractivity contribution in [3.05, 3.63) is 24.8 Å². The molecule has 28 heavy (non-hydrogen) atoms. The van der Waals surface area contributed by atoms with Crippen LogP contribution in [0.25, 0.3) is 11.2 Å². The van der Waals surface area contributed by atoms with Gasteiger partial charge < -0.3 is 36.4 Å². The minimum atomic E-state index is -1.19. The van der Waals surface area contributed by atoms with Crippen LogP contribution in [0.2, 0.25) is 0 Å². The first kappa shape index (κ1) is 20.1. The van der Waals surface area contributed by atoms with E-state index in [2.05, 4.69) is 15.0 Å². The summed E-state index contributed by atoms with van der Waals surface area (Å²) in [6, 6.07) is -1.07. The summed E-state index contributed by atoms with van der Waals surface area (Å²) in [5.74, 6) is -0.907. The van der Waals surface area contributed by atoms with Crippen LogP contribution in [0, 0.1) is 0 Å². The Kier molecular flexibility index (Phi) is 5.86. The van der Waals surface area contributed by atoms with Crippen LogP contribution < -0.4 is 11.5 Å². The van der Waals surface area contributed by atoms with Crippen LogP contribution in [0.15, 0.2) is 24.8 Å². The number of rotatable bonds is 7. The third kappa shape index (κ3) is 3.95. The summed E-state index contributed by atoms with van der Waals surface area (Å²) >= 11 is 0. The fourth-order valence-electron chi connectivity index (χ4n) is 3.02. The summed E-state index contributed by atoms with van der Waals surface area (Å²) in [6.45, 7) is 0.692. The van der Waals surface area contributed by atoms with Crippen molar-refractivity contribution >= 4 is 23.0 Å². The zero-order valence-electron chi connectivity index (χ0n) is 15.2. The van der Waals surface area contributed by atoms with Crippen LogP contribution in [0.3, 0.4) is 0 Å². The second-order valence-corrected chi connectivity index (χ2v) is 6.64. The molecule has 1 saturated heterocycles. The molecule has 7 N–H and O–H groups in total. The minimum absolute atomic E-state index is 0.208. The predicted octanol–water partition coefficient (Wildman–Crippen LogP) is -2.07. The molecule has 2 aromatic heterocycles. The quantitative estimate of drug-likeness (QED) is 0.325. The highest BCUT2D eigenvalue weighted by Gasteiger charge is 2.44. The minimum Gasteiger partial charge on any atom is -0.480 e. The summed E-state index contributed by atoms with van der Waals surface area (Å²) < 4.78 is 7.36. The molecule has 12 heteroatoms. The fraction of sp³-hybridized carbons (Fsp3) is 0.500. The molecule has 1 aliphatic heterocycles. The molecule has 0 amide bonds. The lowest BCUT2D eigenvalue weighted by Crippen LogP contribution is -2.38. The molecule has 12 nitrogen and oxygen atoms in total. The number of carbonyl (C=O) groups is 1. The van der Waals surface area contributed by atoms with Crippen molar-refractivity contribution in [3.63, 3.8) is 0 Å². The monoisotopic (exact) mass is 393 g/mol. The number of nitrogen functional groups attached to an aromatic ring is 1. The molecule has 5 atom stereocenters. The third-order valence-corrected chi connectivity index (χ3v) is 4.54. The SMILES string of the molecule is CN(C/C=C\C(N)C(=O)O)C[C@H]1O[C@@H](n2cnc3c(N)ncnc32)C(O)C1O. The van der Waals surface area contributed by atoms with Gasteiger partial charge in [-0.1, -0.05) is 12.2 Å². The van der Waals surface area contributed by atoms with E-state index >= 15 is 0 Å². The number of hydrogen-bond acceptors (Lipinski definition) is 10. The Labute approximate surface area is 160 Å². The fourth-order valence-corrected chi connectivity index (χ4v) is 3.02. The highest BCUT2D eigenvalue weighted by atomic mass is 16.6. The number of fused-ring (bicyclic) bond motifs is 1. The van der Waals surface area contributed by atoms with Crippen LogP contribution in [0.5, 0.6) is 0 Å². The second-order valence-electron chi connectivity index (χ2n) is 6.64. The first-order chi connectivity index (χ1) is 13.3. The number of aliphatic carboxylic acids is 1. The molecule has 1 fully saturated rings. The first-order valence-electron chi connectivity index (χ1n) is 8.57. The van der Waals surface area contributed by atoms with Gasteiger partial charge in [-0.2, -0.15) is 0 Å². The van der Waals surface area contributed by atoms with E-state index in [1.54, 1.807) is 18.0 Å². The molecule has 0 saturated carbocycles. The van der Waals surface area contributed by atoms with Crippen LogP contribution >= 0.6 is 0 Å². The Balaban J connectivity index is 1.67. The van der Waals surface area contributed by atoms with Crippen molar-refractivity contribution < 1.29 is 24.9 Å². The highest BCUT2D eigenvalue weighted by molar-refractivity contribution is 5.81. The van der Waals surface area contributed by atoms with Crippen molar-refractivity contribution in [2.45, 2.75) is 30.6 Å². The smallest absolute Gasteiger partial charge is 0.324 e. The number of anilines is 1. The van der Waals surface area contributed by atoms with Crippen LogP contribution in [-0.4, -0.2) is 90.2 Å². The number of carboxylic acid groups (broad SMARTS) is 1. The van der Waals surface area contributed by atoms with Crippen LogP contribution in [0.4, 0.5) is 5.82 Å². The summed E-state index contributed by atoms with van der Waals surface area (Å²) in [6.07, 6.45) is 1.83. The number of imidazole rings is 1. The molecule has 0 radical (unpaired) electrons. The number of likely N-dealkylation sites (N-methyl/N-ethyl adjacent to an activating group) is 1. The topological polar surface area (TPSA) is 186 Å². The normalized spacial score (nSPS) is 26.5. The maximum absolute atomic E-state index is 10.7. The molecule has 3 heterocycles. The average molecular weight is 393 g/mol. The molecule has 1 aliphatic rings. The molecular weight excluding hydrogens is 370 g/mol. The molecule has 0 bridgehead atoms. The van der Waals surface area contributed by atoms with Crippen molar-refractivity contribution in [1.82, 2.24) is 24.4 Å². The van der Waals surface area contributed by atoms with E-state index in [0.717, 1.165) is 0 Å². The number of nitrogens with zero attached hydrogens (tertiary/aromatic N) is 5. The largest absolute Gasteiger partial charge is 0.480 e. The maximum Gasteiger partial charge on any atom is 0.324 e. The van der Waals surface area contributed by atoms with E-state index < -0.39 is 36.6 Å². The number of aliphatic hydroxyl groups is 2. The van der Waals surface area contributed by atoms with Gasteiger partial charge in [-0.15, -0.1) is 0 Å². The summed E-state index contributed by atoms with van der Waals surface area (Å²) in [5, 5.41) is 29.6. The van der Waals surface area contributed by atoms with Gasteiger partial charge in [0.15, 0.2) is 17.7 Å². The number of carboxylic acids is 1. The Morgan fingerprint density at radius 1 is 1.39 bits per heavy atom. The molecule has 3 unspecified atom stereocenters. The molecule has 0 spiro atoms. The van der Waals surface area contributed by atoms with Crippen LogP contribution in [-0.2, 0) is 9.53 Å². The Morgan fingerprint density at radius 2 is 2.14 bits per heavy atom. The van der Waals surface area contributed by atoms with Crippen LogP contribution in [0.1, 0.15) is 6.23 Å². The molecule has 0 aliphatic carbocycles. The Morgan fingerprint density at radius 3 is 2.86 bits per heavy atom. The van der Waals surface area contributed by atoms with Gasteiger partial charge >= 0.3 is 5.97 Å². The lowest BCUT2D eigenvalue weighted by molar-refractivity contribution is -0.137. The van der Waals surface area contributed by atoms with E-state index in [9.17, 15) is 15.0 Å². The molecule has 2 aromatic rings. The van der Waals surface area contributed by atoms with Gasteiger partial charge in [0.05, 0.1) is 6.33 Å². The number of nitrogens with two attached hydrogens (primary N) is 2. The number of aromatic nitrogens is 4. The summed E-state index contributed by atoms with van der Waals surface area (Å²) in [4.78, 5) is 24.6. The predicted molar refractivity (Wildman–Crippen MR) is 97.9 cm³/mol. The second kappa shape index (κ2) is 8.16. The Bertz CT molecular complexity index is 872. The van der Waals surface area contributed by atoms with Crippen molar-refractivity contribution in [3.8, 4) is 0 Å². The van der Waals surface area contributed by atoms with E-state index in [1.165, 1.54) is 23.3 Å². The zero-order valence-corrected chi connectivity index (χ0v) is 15.2. The number of hydrogen-bond donors (Lipinski definition) is 5. The lowest BCUT2D eigenvalue weighted by atomic mass is 10.1. The standard InChI is InChI=1S/C16H23N7O5/c1-22(4-2-3-8(17)16(26)27)5-9-11(24)12(25)15(28-9)23-7-21-10-13(18)19-6-20-14(10)23/h2-3,6-9,11-12,15,24-25H,4-5,17H2,1H3,(H,26,27)(H2,18,19,20)/b3-2-/t8?,9-,11?,12?,15-/m1/s1. The average Bonchev–Trinajstić information content (AvgIpc) is 3.19. The number of aliphatic hydroxyl groups excluding tert-OH is 2. The van der Waals surface area contributed by atoms with E-state index in [4.69, 9.17) is 21.3 Å². The van der Waals surface area contributed by atoms with Gasteiger partial charge in [0.1, 0.15) is 36.2 Å². The van der Waals surface area contributed by atoms with Crippen molar-refractivity contribution in [2.75, 3.05) is 25.9 Å². The van der Waals surface area contributed by atoms with Gasteiger partial charge in [0.2, 0.25) is 0 Å². The van der Waals surface area contributed by atoms with Gasteiger partial charge in [0.25, 0.3) is 0 Å². The van der Waals surface area contributed by atoms with Gasteiger partial charge in [-0.3, -0.25) is 9.36 Å². The number of ether oxygens (including phenoxy) is 1. The molecule has 3 rings (SSSR count). The summed E-state index contributed by atoms with van der Waals surface area (Å²) in [5.41, 5.74) is 12.0. The van der Waals surface area contributed by atoms with Crippen molar-refractivity contribution in [2.24, 2.45) is 5.73 Å². The van der Waals surface area contributed by atoms with Gasteiger partial charge in [-0.25, -0.2) is 15.0 Å². The van der Waals surface area contributed by atoms with Crippen molar-refractivity contribution in [1.29, 1.82) is 0 Å². The molecule has 0 aromatic carbocycles. The molecule has 152 valence electrons. The molecular formula is C16H23N7O5. The van der Waals surface area contributed by atoms with E-state index in [-0.39, 0.29) is 5.82 Å². The van der Waals surface area contributed by atoms with Gasteiger partial charge in [0, 0.05) is 13.1 Å². The van der Waals surface area contributed by atoms with E-state index in [1.807, 2.05) is 0 Å². The highest BCUT2D eigenvalue weighted by Crippen LogP contribution is 2.32. The third-order valence-electron chi connectivity index (χ3n) is 4.54. The zero-order chi connectivity index (χ0) is 20.4. The van der Waals surface area contributed by atoms with E-state index in [0.29, 0.717) is 24.3 Å². The first-order valence-corrected chi connectivity index (χ1v) is 8.57. The summed E-state index contributed by atoms with van der Waals surface area (Å²) in [7, 11) is 1.77.